The van der Waals surface area contributed by atoms with Crippen molar-refractivity contribution < 1.29 is 27.9 Å². The van der Waals surface area contributed by atoms with E-state index in [9.17, 15) is 23.2 Å². The highest BCUT2D eigenvalue weighted by atomic mass is 19.3. The number of benzene rings is 1. The summed E-state index contributed by atoms with van der Waals surface area (Å²) >= 11 is 0. The second-order valence-electron chi connectivity index (χ2n) is 6.73. The quantitative estimate of drug-likeness (QED) is 0.711. The monoisotopic (exact) mass is 381 g/mol. The minimum atomic E-state index is -2.90. The van der Waals surface area contributed by atoms with Gasteiger partial charge in [0.1, 0.15) is 11.3 Å². The Morgan fingerprint density at radius 2 is 1.89 bits per heavy atom. The molecule has 146 valence electrons. The van der Waals surface area contributed by atoms with Gasteiger partial charge in [0.05, 0.1) is 0 Å². The average Bonchev–Trinajstić information content (AvgIpc) is 3.17. The van der Waals surface area contributed by atoms with E-state index in [1.165, 1.54) is 29.2 Å². The van der Waals surface area contributed by atoms with Crippen LogP contribution < -0.4 is 15.4 Å². The van der Waals surface area contributed by atoms with Crippen LogP contribution in [0.3, 0.4) is 0 Å². The number of halogens is 2. The molecule has 1 heterocycles. The number of nitrogens with one attached hydrogen (secondary N) is 2. The van der Waals surface area contributed by atoms with Gasteiger partial charge in [-0.15, -0.1) is 0 Å². The first-order valence-corrected chi connectivity index (χ1v) is 8.88. The number of ether oxygens (including phenoxy) is 1. The minimum Gasteiger partial charge on any atom is -0.435 e. The standard InChI is InChI=1S/C18H21F2N3O4/c19-16(20)27-13-7-5-12(6-8-13)21-14(24)4-3-11-23-15(25)18(22-17(23)26)9-1-2-10-18/h5-8,16H,1-4,9-11H2,(H,21,24)(H,22,26). The van der Waals surface area contributed by atoms with Crippen molar-refractivity contribution in [1.82, 2.24) is 10.2 Å². The van der Waals surface area contributed by atoms with E-state index >= 15 is 0 Å². The van der Waals surface area contributed by atoms with E-state index in [-0.39, 0.29) is 30.5 Å². The molecule has 0 unspecified atom stereocenters. The van der Waals surface area contributed by atoms with Crippen LogP contribution >= 0.6 is 0 Å². The van der Waals surface area contributed by atoms with Gasteiger partial charge in [-0.3, -0.25) is 14.5 Å². The molecule has 2 N–H and O–H groups in total. The molecule has 2 aliphatic rings. The molecule has 1 aromatic carbocycles. The molecule has 0 radical (unpaired) electrons. The Balaban J connectivity index is 1.44. The number of amides is 4. The summed E-state index contributed by atoms with van der Waals surface area (Å²) < 4.78 is 28.4. The second-order valence-corrected chi connectivity index (χ2v) is 6.73. The Labute approximate surface area is 155 Å². The lowest BCUT2D eigenvalue weighted by Gasteiger charge is -2.19. The highest BCUT2D eigenvalue weighted by molar-refractivity contribution is 6.07. The maximum atomic E-state index is 12.5. The topological polar surface area (TPSA) is 87.7 Å². The van der Waals surface area contributed by atoms with Crippen LogP contribution in [0.1, 0.15) is 38.5 Å². The summed E-state index contributed by atoms with van der Waals surface area (Å²) in [5, 5.41) is 5.43. The molecule has 4 amide bonds. The largest absolute Gasteiger partial charge is 0.435 e. The zero-order valence-corrected chi connectivity index (χ0v) is 14.7. The van der Waals surface area contributed by atoms with Crippen LogP contribution in [0.4, 0.5) is 19.3 Å². The number of carbonyl (C=O) groups is 3. The number of imide groups is 1. The summed E-state index contributed by atoms with van der Waals surface area (Å²) in [7, 11) is 0. The Morgan fingerprint density at radius 1 is 1.22 bits per heavy atom. The summed E-state index contributed by atoms with van der Waals surface area (Å²) in [4.78, 5) is 37.7. The predicted octanol–water partition coefficient (Wildman–Crippen LogP) is 2.87. The molecule has 0 atom stereocenters. The zero-order chi connectivity index (χ0) is 19.4. The summed E-state index contributed by atoms with van der Waals surface area (Å²) in [5.74, 6) is -0.484. The van der Waals surface area contributed by atoms with Crippen LogP contribution in [-0.4, -0.2) is 41.4 Å². The van der Waals surface area contributed by atoms with Crippen LogP contribution in [-0.2, 0) is 9.59 Å². The van der Waals surface area contributed by atoms with Gasteiger partial charge in [0.2, 0.25) is 5.91 Å². The number of alkyl halides is 2. The Bertz CT molecular complexity index is 718. The van der Waals surface area contributed by atoms with E-state index in [0.717, 1.165) is 12.8 Å². The second kappa shape index (κ2) is 7.89. The lowest BCUT2D eigenvalue weighted by Crippen LogP contribution is -2.44. The van der Waals surface area contributed by atoms with Crippen LogP contribution in [0, 0.1) is 0 Å². The van der Waals surface area contributed by atoms with Gasteiger partial charge in [-0.05, 0) is 43.5 Å². The van der Waals surface area contributed by atoms with E-state index in [4.69, 9.17) is 0 Å². The van der Waals surface area contributed by atoms with Crippen molar-refractivity contribution in [1.29, 1.82) is 0 Å². The fourth-order valence-electron chi connectivity index (χ4n) is 3.54. The third-order valence-corrected chi connectivity index (χ3v) is 4.85. The molecule has 1 aliphatic carbocycles. The lowest BCUT2D eigenvalue weighted by atomic mass is 9.98. The van der Waals surface area contributed by atoms with E-state index in [1.807, 2.05) is 0 Å². The van der Waals surface area contributed by atoms with Crippen LogP contribution in [0.2, 0.25) is 0 Å². The Morgan fingerprint density at radius 3 is 2.52 bits per heavy atom. The van der Waals surface area contributed by atoms with Gasteiger partial charge < -0.3 is 15.4 Å². The van der Waals surface area contributed by atoms with Gasteiger partial charge >= 0.3 is 12.6 Å². The molecule has 1 aromatic rings. The average molecular weight is 381 g/mol. The number of rotatable bonds is 7. The number of hydrogen-bond acceptors (Lipinski definition) is 4. The molecule has 0 aromatic heterocycles. The molecule has 1 spiro atoms. The molecule has 7 nitrogen and oxygen atoms in total. The minimum absolute atomic E-state index is 0.00222. The van der Waals surface area contributed by atoms with Gasteiger partial charge in [-0.1, -0.05) is 12.8 Å². The maximum absolute atomic E-state index is 12.5. The lowest BCUT2D eigenvalue weighted by molar-refractivity contribution is -0.131. The van der Waals surface area contributed by atoms with Gasteiger partial charge in [0.15, 0.2) is 0 Å². The van der Waals surface area contributed by atoms with E-state index in [0.29, 0.717) is 24.9 Å². The number of anilines is 1. The summed E-state index contributed by atoms with van der Waals surface area (Å²) in [6, 6.07) is 5.18. The summed E-state index contributed by atoms with van der Waals surface area (Å²) in [6.45, 7) is -2.72. The number of urea groups is 1. The van der Waals surface area contributed by atoms with Crippen molar-refractivity contribution in [2.75, 3.05) is 11.9 Å². The SMILES string of the molecule is O=C(CCCN1C(=O)NC2(CCCC2)C1=O)Nc1ccc(OC(F)F)cc1. The van der Waals surface area contributed by atoms with Crippen molar-refractivity contribution in [2.24, 2.45) is 0 Å². The Kier molecular flexibility index (Phi) is 5.57. The third kappa shape index (κ3) is 4.35. The highest BCUT2D eigenvalue weighted by Gasteiger charge is 2.51. The first-order valence-electron chi connectivity index (χ1n) is 8.88. The number of hydrogen-bond donors (Lipinski definition) is 2. The molecular weight excluding hydrogens is 360 g/mol. The molecule has 1 saturated heterocycles. The van der Waals surface area contributed by atoms with Gasteiger partial charge in [-0.2, -0.15) is 8.78 Å². The molecule has 9 heteroatoms. The first kappa shape index (κ1) is 19.1. The van der Waals surface area contributed by atoms with Gasteiger partial charge in [-0.25, -0.2) is 4.79 Å². The molecule has 1 saturated carbocycles. The summed E-state index contributed by atoms with van der Waals surface area (Å²) in [6.07, 6.45) is 3.64. The zero-order valence-electron chi connectivity index (χ0n) is 14.7. The normalized spacial score (nSPS) is 18.3. The smallest absolute Gasteiger partial charge is 0.387 e. The number of carbonyl (C=O) groups excluding carboxylic acids is 3. The van der Waals surface area contributed by atoms with Gasteiger partial charge in [0, 0.05) is 18.7 Å². The third-order valence-electron chi connectivity index (χ3n) is 4.85. The molecule has 0 bridgehead atoms. The van der Waals surface area contributed by atoms with Crippen molar-refractivity contribution in [3.05, 3.63) is 24.3 Å². The molecule has 27 heavy (non-hydrogen) atoms. The van der Waals surface area contributed by atoms with Crippen molar-refractivity contribution in [2.45, 2.75) is 50.7 Å². The van der Waals surface area contributed by atoms with E-state index < -0.39 is 18.2 Å². The fraction of sp³-hybridized carbons (Fsp3) is 0.500. The molecule has 3 rings (SSSR count). The molecular formula is C18H21F2N3O4. The van der Waals surface area contributed by atoms with Crippen molar-refractivity contribution in [3.8, 4) is 5.75 Å². The van der Waals surface area contributed by atoms with Crippen molar-refractivity contribution in [3.63, 3.8) is 0 Å². The first-order chi connectivity index (χ1) is 12.9. The highest BCUT2D eigenvalue weighted by Crippen LogP contribution is 2.35. The number of nitrogens with zero attached hydrogens (tertiary/aromatic N) is 1. The summed E-state index contributed by atoms with van der Waals surface area (Å²) in [5.41, 5.74) is -0.289. The molecule has 2 fully saturated rings. The van der Waals surface area contributed by atoms with Crippen molar-refractivity contribution >= 4 is 23.5 Å². The predicted molar refractivity (Wildman–Crippen MR) is 92.4 cm³/mol. The van der Waals surface area contributed by atoms with Crippen LogP contribution in [0.15, 0.2) is 24.3 Å². The van der Waals surface area contributed by atoms with E-state index in [2.05, 4.69) is 15.4 Å². The Hall–Kier alpha value is -2.71. The fourth-order valence-corrected chi connectivity index (χ4v) is 3.54. The van der Waals surface area contributed by atoms with Crippen LogP contribution in [0.5, 0.6) is 5.75 Å². The van der Waals surface area contributed by atoms with E-state index in [1.54, 1.807) is 0 Å². The van der Waals surface area contributed by atoms with Gasteiger partial charge in [0.25, 0.3) is 5.91 Å². The maximum Gasteiger partial charge on any atom is 0.387 e. The molecule has 1 aliphatic heterocycles. The van der Waals surface area contributed by atoms with Crippen LogP contribution in [0.25, 0.3) is 0 Å².